The standard InChI is InChI=1S/C20H14Br2FN3O6/c21-11-5-10(6-12(22)18(11)32-9-17(28)29)7-15-19(30)26(20(31)25-15)8-16(27)24-14-4-2-1-3-13(14)23/h1-7H,8-9H2,(H,24,27)(H,25,31)(H,28,29)/b15-7+. The number of para-hydroxylation sites is 1. The van der Waals surface area contributed by atoms with Crippen molar-refractivity contribution in [1.29, 1.82) is 0 Å². The van der Waals surface area contributed by atoms with Crippen LogP contribution in [0.5, 0.6) is 5.75 Å². The zero-order chi connectivity index (χ0) is 23.4. The van der Waals surface area contributed by atoms with Crippen molar-refractivity contribution in [2.45, 2.75) is 0 Å². The highest BCUT2D eigenvalue weighted by atomic mass is 79.9. The molecule has 32 heavy (non-hydrogen) atoms. The Balaban J connectivity index is 1.73. The highest BCUT2D eigenvalue weighted by Crippen LogP contribution is 2.35. The molecule has 12 heteroatoms. The molecule has 166 valence electrons. The maximum atomic E-state index is 13.7. The van der Waals surface area contributed by atoms with Crippen LogP contribution in [0.2, 0.25) is 0 Å². The van der Waals surface area contributed by atoms with Gasteiger partial charge < -0.3 is 20.5 Å². The lowest BCUT2D eigenvalue weighted by molar-refractivity contribution is -0.139. The zero-order valence-corrected chi connectivity index (χ0v) is 19.2. The SMILES string of the molecule is O=C(O)COc1c(Br)cc(/C=C2/NC(=O)N(CC(=O)Nc3ccccc3F)C2=O)cc1Br. The third-order valence-electron chi connectivity index (χ3n) is 4.08. The van der Waals surface area contributed by atoms with Crippen molar-refractivity contribution in [3.63, 3.8) is 0 Å². The average Bonchev–Trinajstić information content (AvgIpc) is 2.96. The average molecular weight is 571 g/mol. The molecule has 2 aromatic rings. The Morgan fingerprint density at radius 2 is 1.84 bits per heavy atom. The van der Waals surface area contributed by atoms with Crippen LogP contribution in [0.3, 0.4) is 0 Å². The molecule has 2 aromatic carbocycles. The largest absolute Gasteiger partial charge is 0.480 e. The first-order chi connectivity index (χ1) is 15.2. The van der Waals surface area contributed by atoms with Crippen LogP contribution in [-0.2, 0) is 14.4 Å². The summed E-state index contributed by atoms with van der Waals surface area (Å²) in [4.78, 5) is 48.3. The predicted molar refractivity (Wildman–Crippen MR) is 118 cm³/mol. The third-order valence-corrected chi connectivity index (χ3v) is 5.26. The van der Waals surface area contributed by atoms with Crippen LogP contribution in [-0.4, -0.2) is 47.0 Å². The van der Waals surface area contributed by atoms with Gasteiger partial charge in [-0.3, -0.25) is 9.59 Å². The molecule has 1 heterocycles. The number of benzene rings is 2. The lowest BCUT2D eigenvalue weighted by atomic mass is 10.2. The van der Waals surface area contributed by atoms with E-state index in [0.717, 1.165) is 0 Å². The van der Waals surface area contributed by atoms with Crippen LogP contribution >= 0.6 is 31.9 Å². The number of hydrogen-bond donors (Lipinski definition) is 3. The summed E-state index contributed by atoms with van der Waals surface area (Å²) in [6.07, 6.45) is 1.38. The van der Waals surface area contributed by atoms with Crippen molar-refractivity contribution >= 4 is 67.4 Å². The first-order valence-corrected chi connectivity index (χ1v) is 10.5. The lowest BCUT2D eigenvalue weighted by Gasteiger charge is -2.12. The fourth-order valence-corrected chi connectivity index (χ4v) is 4.16. The van der Waals surface area contributed by atoms with Crippen LogP contribution in [0.25, 0.3) is 6.08 Å². The summed E-state index contributed by atoms with van der Waals surface area (Å²) in [5, 5.41) is 13.4. The van der Waals surface area contributed by atoms with Gasteiger partial charge in [0.1, 0.15) is 23.8 Å². The summed E-state index contributed by atoms with van der Waals surface area (Å²) >= 11 is 6.53. The lowest BCUT2D eigenvalue weighted by Crippen LogP contribution is -2.38. The number of hydrogen-bond acceptors (Lipinski definition) is 5. The van der Waals surface area contributed by atoms with E-state index < -0.39 is 42.8 Å². The molecule has 4 amide bonds. The van der Waals surface area contributed by atoms with Crippen molar-refractivity contribution < 1.29 is 33.4 Å². The molecule has 0 saturated carbocycles. The van der Waals surface area contributed by atoms with Crippen LogP contribution in [0.4, 0.5) is 14.9 Å². The number of carboxylic acid groups (broad SMARTS) is 1. The smallest absolute Gasteiger partial charge is 0.341 e. The van der Waals surface area contributed by atoms with Crippen molar-refractivity contribution in [2.75, 3.05) is 18.5 Å². The predicted octanol–water partition coefficient (Wildman–Crippen LogP) is 3.35. The number of rotatable bonds is 7. The monoisotopic (exact) mass is 569 g/mol. The summed E-state index contributed by atoms with van der Waals surface area (Å²) in [5.74, 6) is -3.02. The van der Waals surface area contributed by atoms with Gasteiger partial charge >= 0.3 is 12.0 Å². The molecule has 1 aliphatic heterocycles. The van der Waals surface area contributed by atoms with E-state index >= 15 is 0 Å². The molecule has 0 radical (unpaired) electrons. The highest BCUT2D eigenvalue weighted by Gasteiger charge is 2.35. The Morgan fingerprint density at radius 1 is 1.19 bits per heavy atom. The topological polar surface area (TPSA) is 125 Å². The van der Waals surface area contributed by atoms with Crippen molar-refractivity contribution in [2.24, 2.45) is 0 Å². The number of aliphatic carboxylic acids is 1. The van der Waals surface area contributed by atoms with Gasteiger partial charge in [0.2, 0.25) is 5.91 Å². The van der Waals surface area contributed by atoms with E-state index in [4.69, 9.17) is 9.84 Å². The minimum atomic E-state index is -1.15. The van der Waals surface area contributed by atoms with Crippen molar-refractivity contribution in [3.05, 3.63) is 62.4 Å². The van der Waals surface area contributed by atoms with Gasteiger partial charge in [-0.1, -0.05) is 12.1 Å². The second kappa shape index (κ2) is 9.92. The molecular weight excluding hydrogens is 557 g/mol. The molecule has 0 aromatic heterocycles. The van der Waals surface area contributed by atoms with E-state index in [1.807, 2.05) is 0 Å². The van der Waals surface area contributed by atoms with Crippen LogP contribution in [0.1, 0.15) is 5.56 Å². The molecule has 0 aliphatic carbocycles. The minimum Gasteiger partial charge on any atom is -0.480 e. The van der Waals surface area contributed by atoms with Crippen molar-refractivity contribution in [1.82, 2.24) is 10.2 Å². The Bertz CT molecular complexity index is 1130. The Labute approximate surface area is 197 Å². The second-order valence-corrected chi connectivity index (χ2v) is 8.11. The number of nitrogens with zero attached hydrogens (tertiary/aromatic N) is 1. The number of carboxylic acids is 1. The number of halogens is 3. The molecular formula is C20H14Br2FN3O6. The molecule has 1 aliphatic rings. The maximum absolute atomic E-state index is 13.7. The molecule has 0 atom stereocenters. The van der Waals surface area contributed by atoms with Crippen LogP contribution in [0, 0.1) is 5.82 Å². The van der Waals surface area contributed by atoms with Gasteiger partial charge in [-0.05, 0) is 67.8 Å². The quantitative estimate of drug-likeness (QED) is 0.346. The molecule has 0 bridgehead atoms. The van der Waals surface area contributed by atoms with E-state index in [-0.39, 0.29) is 17.1 Å². The fraction of sp³-hybridized carbons (Fsp3) is 0.100. The zero-order valence-electron chi connectivity index (χ0n) is 16.0. The Hall–Kier alpha value is -3.25. The number of urea groups is 1. The van der Waals surface area contributed by atoms with Gasteiger partial charge in [0, 0.05) is 0 Å². The van der Waals surface area contributed by atoms with Gasteiger partial charge in [-0.2, -0.15) is 0 Å². The highest BCUT2D eigenvalue weighted by molar-refractivity contribution is 9.11. The number of imide groups is 1. The van der Waals surface area contributed by atoms with Crippen LogP contribution < -0.4 is 15.4 Å². The van der Waals surface area contributed by atoms with E-state index in [0.29, 0.717) is 19.4 Å². The number of anilines is 1. The molecule has 1 saturated heterocycles. The van der Waals surface area contributed by atoms with Gasteiger partial charge in [0.25, 0.3) is 5.91 Å². The first-order valence-electron chi connectivity index (χ1n) is 8.88. The number of ether oxygens (including phenoxy) is 1. The normalized spacial score (nSPS) is 14.5. The Morgan fingerprint density at radius 3 is 2.47 bits per heavy atom. The third kappa shape index (κ3) is 5.51. The van der Waals surface area contributed by atoms with E-state index in [1.54, 1.807) is 12.1 Å². The van der Waals surface area contributed by atoms with Crippen molar-refractivity contribution in [3.8, 4) is 5.75 Å². The summed E-state index contributed by atoms with van der Waals surface area (Å²) in [5.41, 5.74) is 0.333. The molecule has 9 nitrogen and oxygen atoms in total. The van der Waals surface area contributed by atoms with Crippen LogP contribution in [0.15, 0.2) is 51.0 Å². The maximum Gasteiger partial charge on any atom is 0.341 e. The minimum absolute atomic E-state index is 0.0692. The number of nitrogens with one attached hydrogen (secondary N) is 2. The van der Waals surface area contributed by atoms with Gasteiger partial charge in [-0.15, -0.1) is 0 Å². The molecule has 3 N–H and O–H groups in total. The molecule has 3 rings (SSSR count). The summed E-state index contributed by atoms with van der Waals surface area (Å²) in [7, 11) is 0. The molecule has 0 spiro atoms. The van der Waals surface area contributed by atoms with Gasteiger partial charge in [-0.25, -0.2) is 18.9 Å². The number of carbonyl (C=O) groups is 4. The summed E-state index contributed by atoms with van der Waals surface area (Å²) in [6.45, 7) is -1.15. The number of carbonyl (C=O) groups excluding carboxylic acids is 3. The summed E-state index contributed by atoms with van der Waals surface area (Å²) < 4.78 is 19.7. The molecule has 1 fully saturated rings. The van der Waals surface area contributed by atoms with Gasteiger partial charge in [0.05, 0.1) is 14.6 Å². The van der Waals surface area contributed by atoms with Gasteiger partial charge in [0.15, 0.2) is 6.61 Å². The van der Waals surface area contributed by atoms with E-state index in [9.17, 15) is 23.6 Å². The first kappa shape index (κ1) is 23.4. The van der Waals surface area contributed by atoms with E-state index in [2.05, 4.69) is 42.5 Å². The summed E-state index contributed by atoms with van der Waals surface area (Å²) in [6, 6.07) is 7.82. The molecule has 0 unspecified atom stereocenters. The number of amides is 4. The van der Waals surface area contributed by atoms with E-state index in [1.165, 1.54) is 30.3 Å². The Kier molecular flexibility index (Phi) is 7.26. The fourth-order valence-electron chi connectivity index (χ4n) is 2.71. The second-order valence-electron chi connectivity index (χ2n) is 6.40.